The van der Waals surface area contributed by atoms with Gasteiger partial charge in [0.1, 0.15) is 5.82 Å². The van der Waals surface area contributed by atoms with Gasteiger partial charge in [-0.15, -0.1) is 0 Å². The van der Waals surface area contributed by atoms with Gasteiger partial charge in [0.05, 0.1) is 38.1 Å². The molecule has 5 rings (SSSR count). The van der Waals surface area contributed by atoms with Crippen LogP contribution in [0, 0.1) is 6.92 Å². The van der Waals surface area contributed by atoms with E-state index in [1.165, 1.54) is 5.56 Å². The van der Waals surface area contributed by atoms with Gasteiger partial charge in [-0.05, 0) is 43.1 Å². The molecule has 3 aromatic rings. The Kier molecular flexibility index (Phi) is 5.47. The molecular formula is C22H28N6O3. The molecule has 0 aliphatic carbocycles. The summed E-state index contributed by atoms with van der Waals surface area (Å²) < 4.78 is 12.7. The van der Waals surface area contributed by atoms with Crippen LogP contribution in [0.5, 0.6) is 6.01 Å². The van der Waals surface area contributed by atoms with Crippen LogP contribution < -0.4 is 15.0 Å². The Labute approximate surface area is 181 Å². The minimum atomic E-state index is -0.395. The van der Waals surface area contributed by atoms with Gasteiger partial charge in [0, 0.05) is 37.0 Å². The lowest BCUT2D eigenvalue weighted by molar-refractivity contribution is 0.118. The van der Waals surface area contributed by atoms with Crippen molar-refractivity contribution in [1.82, 2.24) is 25.1 Å². The molecule has 2 saturated heterocycles. The summed E-state index contributed by atoms with van der Waals surface area (Å²) in [4.78, 5) is 11.3. The summed E-state index contributed by atoms with van der Waals surface area (Å²) >= 11 is 0. The second-order valence-electron chi connectivity index (χ2n) is 8.16. The lowest BCUT2D eigenvalue weighted by Gasteiger charge is -2.30. The fraction of sp³-hybridized carbons (Fsp3) is 0.500. The molecule has 0 unspecified atom stereocenters. The van der Waals surface area contributed by atoms with Crippen LogP contribution in [0.25, 0.3) is 16.7 Å². The zero-order chi connectivity index (χ0) is 21.4. The maximum atomic E-state index is 10.6. The normalized spacial score (nSPS) is 22.1. The Hall–Kier alpha value is -2.75. The van der Waals surface area contributed by atoms with E-state index >= 15 is 0 Å². The number of anilines is 1. The molecule has 2 aliphatic rings. The number of methoxy groups -OCH3 is 1. The van der Waals surface area contributed by atoms with Crippen molar-refractivity contribution in [2.75, 3.05) is 51.4 Å². The Morgan fingerprint density at radius 2 is 1.97 bits per heavy atom. The van der Waals surface area contributed by atoms with Crippen molar-refractivity contribution in [3.63, 3.8) is 0 Å². The summed E-state index contributed by atoms with van der Waals surface area (Å²) in [5.74, 6) is 1.57. The first-order chi connectivity index (χ1) is 15.1. The Balaban J connectivity index is 1.59. The van der Waals surface area contributed by atoms with Gasteiger partial charge in [-0.2, -0.15) is 15.1 Å². The van der Waals surface area contributed by atoms with Gasteiger partial charge in [0.15, 0.2) is 5.82 Å². The van der Waals surface area contributed by atoms with Crippen molar-refractivity contribution in [2.24, 2.45) is 0 Å². The van der Waals surface area contributed by atoms with E-state index in [9.17, 15) is 5.11 Å². The molecule has 2 atom stereocenters. The first kappa shape index (κ1) is 20.2. The number of β-amino-alcohol motifs (C(OH)–C–C–N with tert-alkyl or cyclic N) is 1. The molecule has 2 N–H and O–H groups in total. The van der Waals surface area contributed by atoms with E-state index in [1.54, 1.807) is 7.11 Å². The summed E-state index contributed by atoms with van der Waals surface area (Å²) in [6.45, 7) is 6.52. The van der Waals surface area contributed by atoms with Crippen LogP contribution in [-0.2, 0) is 4.74 Å². The number of aromatic nitrogens is 4. The largest absolute Gasteiger partial charge is 0.467 e. The zero-order valence-electron chi connectivity index (χ0n) is 17.9. The number of nitrogens with zero attached hydrogens (tertiary/aromatic N) is 5. The van der Waals surface area contributed by atoms with E-state index in [0.29, 0.717) is 31.6 Å². The van der Waals surface area contributed by atoms with Crippen LogP contribution in [0.1, 0.15) is 23.5 Å². The standard InChI is InChI=1S/C22H28N6O3/c1-14-9-15-12-24-28(18(15)10-17(14)16-3-4-23-13-19(16)29)21-11-20(25-22(26-21)30-2)27-5-7-31-8-6-27/h9-12,16,19,23,29H,3-8,13H2,1-2H3/t16-,19+/m1/s1. The molecule has 164 valence electrons. The molecule has 9 nitrogen and oxygen atoms in total. The second-order valence-corrected chi connectivity index (χ2v) is 8.16. The minimum Gasteiger partial charge on any atom is -0.467 e. The van der Waals surface area contributed by atoms with E-state index in [4.69, 9.17) is 9.47 Å². The van der Waals surface area contributed by atoms with Gasteiger partial charge in [0.2, 0.25) is 0 Å². The van der Waals surface area contributed by atoms with Crippen molar-refractivity contribution in [3.05, 3.63) is 35.5 Å². The smallest absolute Gasteiger partial charge is 0.320 e. The average Bonchev–Trinajstić information content (AvgIpc) is 3.22. The van der Waals surface area contributed by atoms with Crippen molar-refractivity contribution in [3.8, 4) is 11.8 Å². The molecule has 2 aromatic heterocycles. The van der Waals surface area contributed by atoms with E-state index in [2.05, 4.69) is 44.3 Å². The quantitative estimate of drug-likeness (QED) is 0.649. The molecular weight excluding hydrogens is 396 g/mol. The Morgan fingerprint density at radius 1 is 1.16 bits per heavy atom. The molecule has 0 amide bonds. The van der Waals surface area contributed by atoms with Gasteiger partial charge in [0.25, 0.3) is 0 Å². The highest BCUT2D eigenvalue weighted by atomic mass is 16.5. The number of aliphatic hydroxyl groups excluding tert-OH is 1. The van der Waals surface area contributed by atoms with Crippen molar-refractivity contribution >= 4 is 16.7 Å². The number of hydrogen-bond donors (Lipinski definition) is 2. The van der Waals surface area contributed by atoms with Crippen LogP contribution in [0.3, 0.4) is 0 Å². The topological polar surface area (TPSA) is 97.6 Å². The van der Waals surface area contributed by atoms with Gasteiger partial charge >= 0.3 is 6.01 Å². The number of nitrogens with one attached hydrogen (secondary N) is 1. The van der Waals surface area contributed by atoms with Crippen molar-refractivity contribution in [1.29, 1.82) is 0 Å². The van der Waals surface area contributed by atoms with Crippen LogP contribution in [0.2, 0.25) is 0 Å². The third-order valence-electron chi connectivity index (χ3n) is 6.22. The predicted molar refractivity (Wildman–Crippen MR) is 117 cm³/mol. The zero-order valence-corrected chi connectivity index (χ0v) is 17.9. The monoisotopic (exact) mass is 424 g/mol. The summed E-state index contributed by atoms with van der Waals surface area (Å²) in [5.41, 5.74) is 3.30. The fourth-order valence-corrected chi connectivity index (χ4v) is 4.55. The fourth-order valence-electron chi connectivity index (χ4n) is 4.55. The summed E-state index contributed by atoms with van der Waals surface area (Å²) in [6, 6.07) is 6.55. The second kappa shape index (κ2) is 8.41. The summed E-state index contributed by atoms with van der Waals surface area (Å²) in [6.07, 6.45) is 2.37. The molecule has 0 spiro atoms. The molecule has 0 bridgehead atoms. The molecule has 2 fully saturated rings. The van der Waals surface area contributed by atoms with E-state index < -0.39 is 6.10 Å². The molecule has 1 aromatic carbocycles. The Bertz CT molecular complexity index is 1080. The van der Waals surface area contributed by atoms with Crippen LogP contribution in [0.4, 0.5) is 5.82 Å². The third kappa shape index (κ3) is 3.84. The maximum Gasteiger partial charge on any atom is 0.320 e. The molecule has 0 saturated carbocycles. The van der Waals surface area contributed by atoms with Crippen molar-refractivity contribution < 1.29 is 14.6 Å². The highest BCUT2D eigenvalue weighted by Gasteiger charge is 2.26. The Morgan fingerprint density at radius 3 is 2.74 bits per heavy atom. The maximum absolute atomic E-state index is 10.6. The number of fused-ring (bicyclic) bond motifs is 1. The summed E-state index contributed by atoms with van der Waals surface area (Å²) in [5, 5.41) is 19.5. The lowest BCUT2D eigenvalue weighted by Crippen LogP contribution is -2.39. The SMILES string of the molecule is COc1nc(N2CCOCC2)cc(-n2ncc3cc(C)c([C@H]4CCNC[C@@H]4O)cc32)n1. The number of benzene rings is 1. The van der Waals surface area contributed by atoms with Gasteiger partial charge in [-0.3, -0.25) is 0 Å². The third-order valence-corrected chi connectivity index (χ3v) is 6.22. The van der Waals surface area contributed by atoms with Gasteiger partial charge in [-0.25, -0.2) is 4.68 Å². The van der Waals surface area contributed by atoms with Crippen LogP contribution >= 0.6 is 0 Å². The number of aryl methyl sites for hydroxylation is 1. The van der Waals surface area contributed by atoms with E-state index in [1.807, 2.05) is 16.9 Å². The van der Waals surface area contributed by atoms with Gasteiger partial charge in [-0.1, -0.05) is 0 Å². The molecule has 9 heteroatoms. The molecule has 4 heterocycles. The minimum absolute atomic E-state index is 0.109. The molecule has 31 heavy (non-hydrogen) atoms. The van der Waals surface area contributed by atoms with Crippen molar-refractivity contribution in [2.45, 2.75) is 25.4 Å². The highest BCUT2D eigenvalue weighted by molar-refractivity contribution is 5.82. The number of aliphatic hydroxyl groups is 1. The van der Waals surface area contributed by atoms with E-state index in [-0.39, 0.29) is 5.92 Å². The van der Waals surface area contributed by atoms with Crippen LogP contribution in [0.15, 0.2) is 24.4 Å². The first-order valence-corrected chi connectivity index (χ1v) is 10.8. The number of rotatable bonds is 4. The first-order valence-electron chi connectivity index (χ1n) is 10.8. The molecule has 0 radical (unpaired) electrons. The van der Waals surface area contributed by atoms with Crippen LogP contribution in [-0.4, -0.2) is 77.5 Å². The number of morpholine rings is 1. The van der Waals surface area contributed by atoms with E-state index in [0.717, 1.165) is 48.3 Å². The lowest BCUT2D eigenvalue weighted by atomic mass is 9.85. The van der Waals surface area contributed by atoms with Gasteiger partial charge < -0.3 is 24.8 Å². The predicted octanol–water partition coefficient (Wildman–Crippen LogP) is 1.41. The number of ether oxygens (including phenoxy) is 2. The highest BCUT2D eigenvalue weighted by Crippen LogP contribution is 2.32. The number of hydrogen-bond acceptors (Lipinski definition) is 8. The summed E-state index contributed by atoms with van der Waals surface area (Å²) in [7, 11) is 1.57. The number of piperidine rings is 1. The molecule has 2 aliphatic heterocycles. The average molecular weight is 425 g/mol.